The van der Waals surface area contributed by atoms with E-state index in [1.54, 1.807) is 31.2 Å². The number of carbonyl (C=O) groups excluding carboxylic acids is 2. The van der Waals surface area contributed by atoms with Crippen LogP contribution in [0.3, 0.4) is 0 Å². The summed E-state index contributed by atoms with van der Waals surface area (Å²) in [5.74, 6) is -3.33. The molecule has 0 saturated carbocycles. The highest BCUT2D eigenvalue weighted by atomic mass is 32.2. The molecule has 1 aliphatic carbocycles. The van der Waals surface area contributed by atoms with Crippen LogP contribution in [0.15, 0.2) is 76.2 Å². The first-order valence-electron chi connectivity index (χ1n) is 13.8. The van der Waals surface area contributed by atoms with Crippen molar-refractivity contribution < 1.29 is 35.7 Å². The van der Waals surface area contributed by atoms with E-state index in [1.165, 1.54) is 43.3 Å². The molecule has 2 unspecified atom stereocenters. The lowest BCUT2D eigenvalue weighted by molar-refractivity contribution is -0.168. The number of amides is 2. The second-order valence-corrected chi connectivity index (χ2v) is 12.1. The van der Waals surface area contributed by atoms with E-state index in [2.05, 4.69) is 15.2 Å². The smallest absolute Gasteiger partial charge is 0.355 e. The van der Waals surface area contributed by atoms with Crippen molar-refractivity contribution in [3.05, 3.63) is 83.6 Å². The number of anilines is 1. The van der Waals surface area contributed by atoms with Gasteiger partial charge >= 0.3 is 6.18 Å². The molecule has 228 valence electrons. The molecule has 1 aliphatic rings. The van der Waals surface area contributed by atoms with Crippen molar-refractivity contribution in [1.82, 2.24) is 9.88 Å². The van der Waals surface area contributed by atoms with Crippen molar-refractivity contribution in [2.24, 2.45) is 11.8 Å². The molecule has 8 nitrogen and oxygen atoms in total. The number of benzene rings is 2. The summed E-state index contributed by atoms with van der Waals surface area (Å²) in [5.41, 5.74) is 2.02. The zero-order chi connectivity index (χ0) is 31.4. The third-order valence-corrected chi connectivity index (χ3v) is 8.60. The molecular weight excluding hydrogens is 583 g/mol. The molecule has 2 N–H and O–H groups in total. The molecule has 0 radical (unpaired) electrons. The normalized spacial score (nSPS) is 16.9. The predicted octanol–water partition coefficient (Wildman–Crippen LogP) is 7.06. The number of hydrogen-bond donors (Lipinski definition) is 2. The van der Waals surface area contributed by atoms with E-state index in [0.717, 1.165) is 18.9 Å². The van der Waals surface area contributed by atoms with Crippen LogP contribution in [0, 0.1) is 18.8 Å². The monoisotopic (exact) mass is 615 g/mol. The Labute approximate surface area is 248 Å². The van der Waals surface area contributed by atoms with Crippen LogP contribution in [-0.2, 0) is 14.8 Å². The lowest BCUT2D eigenvalue weighted by Gasteiger charge is -2.24. The molecule has 4 rings (SSSR count). The molecule has 0 bridgehead atoms. The first kappa shape index (κ1) is 31.7. The molecule has 0 aliphatic heterocycles. The summed E-state index contributed by atoms with van der Waals surface area (Å²) in [4.78, 5) is 24.9. The third-order valence-electron chi connectivity index (χ3n) is 7.17. The number of halogens is 3. The Hall–Kier alpha value is -4.19. The van der Waals surface area contributed by atoms with Crippen LogP contribution in [0.4, 0.5) is 18.9 Å². The highest BCUT2D eigenvalue weighted by Gasteiger charge is 2.42. The molecule has 0 fully saturated rings. The maximum Gasteiger partial charge on any atom is 0.395 e. The fourth-order valence-corrected chi connectivity index (χ4v) is 5.94. The van der Waals surface area contributed by atoms with Crippen LogP contribution in [0.5, 0.6) is 0 Å². The van der Waals surface area contributed by atoms with Gasteiger partial charge in [0.05, 0.1) is 11.6 Å². The Kier molecular flexibility index (Phi) is 9.59. The third kappa shape index (κ3) is 7.42. The minimum atomic E-state index is -4.39. The first-order chi connectivity index (χ1) is 20.3. The van der Waals surface area contributed by atoms with Gasteiger partial charge in [-0.25, -0.2) is 13.1 Å². The molecule has 2 aromatic carbocycles. The summed E-state index contributed by atoms with van der Waals surface area (Å²) >= 11 is 0. The van der Waals surface area contributed by atoms with Gasteiger partial charge in [-0.05, 0) is 43.5 Å². The Morgan fingerprint density at radius 2 is 1.74 bits per heavy atom. The number of carbonyl (C=O) groups is 2. The average molecular weight is 616 g/mol. The van der Waals surface area contributed by atoms with E-state index >= 15 is 0 Å². The highest BCUT2D eigenvalue weighted by Crippen LogP contribution is 2.40. The van der Waals surface area contributed by atoms with Crippen molar-refractivity contribution in [3.63, 3.8) is 0 Å². The van der Waals surface area contributed by atoms with Gasteiger partial charge in [0.25, 0.3) is 15.9 Å². The number of nitrogens with one attached hydrogen (secondary N) is 2. The minimum absolute atomic E-state index is 0.00251. The standard InChI is InChI=1S/C31H32F3N3O5S/c1-4-5-6-11-27(38)37-43(40,41)26-10-8-7-9-25(26)35-30(39)22-16-14-21(15-17-22)28-20(3)29(42-36-28)23-13-12-19(2)24(18-23)31(32,33)34/h7-10,12-19,24H,4-6,11H2,1-3H3,(H,35,39)(H,37,38). The van der Waals surface area contributed by atoms with Crippen molar-refractivity contribution in [1.29, 1.82) is 0 Å². The minimum Gasteiger partial charge on any atom is -0.355 e. The van der Waals surface area contributed by atoms with E-state index < -0.39 is 39.8 Å². The summed E-state index contributed by atoms with van der Waals surface area (Å²) in [6.45, 7) is 5.17. The SMILES string of the molecule is CCCCCC(=O)NS(=O)(=O)c1ccccc1NC(=O)c1ccc(-c2noc(C3=CC(C(F)(F)F)C(C)C=C3)c2C)cc1. The second kappa shape index (κ2) is 13.0. The number of hydrogen-bond acceptors (Lipinski definition) is 6. The number of nitrogens with zero attached hydrogens (tertiary/aromatic N) is 1. The molecule has 2 amide bonds. The zero-order valence-electron chi connectivity index (χ0n) is 23.9. The van der Waals surface area contributed by atoms with Gasteiger partial charge in [-0.3, -0.25) is 9.59 Å². The Bertz CT molecular complexity index is 1660. The van der Waals surface area contributed by atoms with E-state index in [-0.39, 0.29) is 28.3 Å². The fraction of sp³-hybridized carbons (Fsp3) is 0.323. The van der Waals surface area contributed by atoms with Gasteiger partial charge in [-0.2, -0.15) is 13.2 Å². The maximum atomic E-state index is 13.5. The number of alkyl halides is 3. The van der Waals surface area contributed by atoms with Gasteiger partial charge in [-0.1, -0.05) is 74.3 Å². The summed E-state index contributed by atoms with van der Waals surface area (Å²) in [6, 6.07) is 12.0. The average Bonchev–Trinajstić information content (AvgIpc) is 3.34. The van der Waals surface area contributed by atoms with E-state index in [9.17, 15) is 31.2 Å². The van der Waals surface area contributed by atoms with Gasteiger partial charge in [0.15, 0.2) is 5.76 Å². The van der Waals surface area contributed by atoms with Crippen molar-refractivity contribution in [2.75, 3.05) is 5.32 Å². The van der Waals surface area contributed by atoms with Crippen LogP contribution < -0.4 is 10.0 Å². The van der Waals surface area contributed by atoms with Crippen LogP contribution in [0.25, 0.3) is 16.8 Å². The molecule has 43 heavy (non-hydrogen) atoms. The molecule has 1 aromatic heterocycles. The van der Waals surface area contributed by atoms with E-state index in [4.69, 9.17) is 4.52 Å². The van der Waals surface area contributed by atoms with Crippen LogP contribution in [0.1, 0.15) is 61.2 Å². The lowest BCUT2D eigenvalue weighted by Crippen LogP contribution is -2.31. The second-order valence-electron chi connectivity index (χ2n) is 10.4. The quantitative estimate of drug-likeness (QED) is 0.236. The van der Waals surface area contributed by atoms with E-state index in [1.807, 2.05) is 6.92 Å². The number of allylic oxidation sites excluding steroid dienone is 4. The van der Waals surface area contributed by atoms with Gasteiger partial charge in [0.1, 0.15) is 10.6 Å². The lowest BCUT2D eigenvalue weighted by atomic mass is 9.85. The summed E-state index contributed by atoms with van der Waals surface area (Å²) < 4.78 is 73.7. The van der Waals surface area contributed by atoms with Gasteiger partial charge in [0.2, 0.25) is 5.91 Å². The topological polar surface area (TPSA) is 118 Å². The Balaban J connectivity index is 1.50. The molecular formula is C31H32F3N3O5S. The highest BCUT2D eigenvalue weighted by molar-refractivity contribution is 7.90. The van der Waals surface area contributed by atoms with Crippen LogP contribution in [-0.4, -0.2) is 31.6 Å². The summed E-state index contributed by atoms with van der Waals surface area (Å²) in [7, 11) is -4.23. The van der Waals surface area contributed by atoms with Crippen LogP contribution in [0.2, 0.25) is 0 Å². The molecule has 12 heteroatoms. The number of rotatable bonds is 10. The number of para-hydroxylation sites is 1. The zero-order valence-corrected chi connectivity index (χ0v) is 24.7. The molecule has 0 spiro atoms. The fourth-order valence-electron chi connectivity index (χ4n) is 4.76. The van der Waals surface area contributed by atoms with Gasteiger partial charge in [0, 0.05) is 28.7 Å². The van der Waals surface area contributed by atoms with Crippen LogP contribution >= 0.6 is 0 Å². The molecule has 0 saturated heterocycles. The number of unbranched alkanes of at least 4 members (excludes halogenated alkanes) is 2. The predicted molar refractivity (Wildman–Crippen MR) is 156 cm³/mol. The van der Waals surface area contributed by atoms with E-state index in [0.29, 0.717) is 28.8 Å². The van der Waals surface area contributed by atoms with Crippen molar-refractivity contribution in [3.8, 4) is 11.3 Å². The van der Waals surface area contributed by atoms with Gasteiger partial charge in [-0.15, -0.1) is 0 Å². The number of sulfonamides is 1. The molecule has 2 atom stereocenters. The Morgan fingerprint density at radius 3 is 2.42 bits per heavy atom. The molecule has 1 heterocycles. The molecule has 3 aromatic rings. The largest absolute Gasteiger partial charge is 0.395 e. The first-order valence-corrected chi connectivity index (χ1v) is 15.3. The van der Waals surface area contributed by atoms with Crippen molar-refractivity contribution in [2.45, 2.75) is 57.5 Å². The maximum absolute atomic E-state index is 13.5. The van der Waals surface area contributed by atoms with Crippen molar-refractivity contribution >= 4 is 33.1 Å². The van der Waals surface area contributed by atoms with Gasteiger partial charge < -0.3 is 9.84 Å². The summed E-state index contributed by atoms with van der Waals surface area (Å²) in [6.07, 6.45) is 2.15. The number of aromatic nitrogens is 1. The summed E-state index contributed by atoms with van der Waals surface area (Å²) in [5, 5.41) is 6.65. The Morgan fingerprint density at radius 1 is 1.05 bits per heavy atom.